The lowest BCUT2D eigenvalue weighted by atomic mass is 10.0. The molecule has 1 aliphatic heterocycles. The minimum Gasteiger partial charge on any atom is -0.270 e. The fourth-order valence-corrected chi connectivity index (χ4v) is 3.23. The Morgan fingerprint density at radius 1 is 1.07 bits per heavy atom. The maximum absolute atomic E-state index is 13.0. The molecule has 6 nitrogen and oxygen atoms in total. The predicted octanol–water partition coefficient (Wildman–Crippen LogP) is 4.27. The van der Waals surface area contributed by atoms with E-state index in [1.807, 2.05) is 79.9 Å². The molecular formula is C23H19N5O. The summed E-state index contributed by atoms with van der Waals surface area (Å²) in [5, 5.41) is 19.4. The van der Waals surface area contributed by atoms with Crippen molar-refractivity contribution < 1.29 is 4.79 Å². The molecule has 0 N–H and O–H groups in total. The molecule has 0 bridgehead atoms. The molecule has 0 radical (unpaired) electrons. The standard InChI is InChI=1S/C23H19N5O/c1-17-21(23(29)28(25-17)20-11-6-3-7-12-20)15-19-16-27(14-8-13-24)26-22(19)18-9-4-2-5-10-18/h2-7,9-12,15-16H,8,14H2,1H3/b21-15+. The van der Waals surface area contributed by atoms with Gasteiger partial charge in [-0.05, 0) is 25.1 Å². The fraction of sp³-hybridized carbons (Fsp3) is 0.130. The van der Waals surface area contributed by atoms with Gasteiger partial charge in [-0.25, -0.2) is 0 Å². The molecule has 0 saturated carbocycles. The van der Waals surface area contributed by atoms with E-state index in [1.54, 1.807) is 4.68 Å². The molecule has 2 aromatic carbocycles. The second-order valence-electron chi connectivity index (χ2n) is 6.67. The van der Waals surface area contributed by atoms with Crippen molar-refractivity contribution in [1.29, 1.82) is 5.26 Å². The highest BCUT2D eigenvalue weighted by Crippen LogP contribution is 2.28. The lowest BCUT2D eigenvalue weighted by Gasteiger charge is -2.11. The molecular weight excluding hydrogens is 362 g/mol. The van der Waals surface area contributed by atoms with Gasteiger partial charge in [0.05, 0.1) is 41.7 Å². The predicted molar refractivity (Wildman–Crippen MR) is 113 cm³/mol. The highest BCUT2D eigenvalue weighted by atomic mass is 16.2. The van der Waals surface area contributed by atoms with Crippen LogP contribution >= 0.6 is 0 Å². The second-order valence-corrected chi connectivity index (χ2v) is 6.67. The smallest absolute Gasteiger partial charge is 0.270 e. The number of nitrogens with zero attached hydrogens (tertiary/aromatic N) is 5. The number of hydrogen-bond donors (Lipinski definition) is 0. The number of rotatable bonds is 5. The number of nitriles is 1. The van der Waals surface area contributed by atoms with E-state index in [0.29, 0.717) is 24.3 Å². The number of hydrazone groups is 1. The number of carbonyl (C=O) groups is 1. The molecule has 4 rings (SSSR count). The van der Waals surface area contributed by atoms with Gasteiger partial charge in [0, 0.05) is 17.3 Å². The van der Waals surface area contributed by atoms with E-state index in [4.69, 9.17) is 5.26 Å². The number of anilines is 1. The van der Waals surface area contributed by atoms with Crippen LogP contribution < -0.4 is 5.01 Å². The van der Waals surface area contributed by atoms with Crippen LogP contribution in [0.15, 0.2) is 77.5 Å². The number of benzene rings is 2. The Bertz CT molecular complexity index is 1140. The third-order valence-corrected chi connectivity index (χ3v) is 4.65. The van der Waals surface area contributed by atoms with Crippen molar-refractivity contribution in [2.45, 2.75) is 19.9 Å². The third-order valence-electron chi connectivity index (χ3n) is 4.65. The maximum atomic E-state index is 13.0. The van der Waals surface area contributed by atoms with E-state index in [0.717, 1.165) is 22.5 Å². The van der Waals surface area contributed by atoms with Crippen molar-refractivity contribution in [3.8, 4) is 17.3 Å². The van der Waals surface area contributed by atoms with Gasteiger partial charge in [0.2, 0.25) is 0 Å². The van der Waals surface area contributed by atoms with Gasteiger partial charge in [0.1, 0.15) is 0 Å². The summed E-state index contributed by atoms with van der Waals surface area (Å²) in [6.45, 7) is 2.33. The van der Waals surface area contributed by atoms with Gasteiger partial charge in [-0.15, -0.1) is 0 Å². The number of hydrogen-bond acceptors (Lipinski definition) is 4. The first kappa shape index (κ1) is 18.4. The number of aromatic nitrogens is 2. The van der Waals surface area contributed by atoms with Crippen LogP contribution in [-0.4, -0.2) is 21.4 Å². The quantitative estimate of drug-likeness (QED) is 0.620. The molecule has 1 aromatic heterocycles. The van der Waals surface area contributed by atoms with Crippen molar-refractivity contribution in [2.24, 2.45) is 5.10 Å². The highest BCUT2D eigenvalue weighted by Gasteiger charge is 2.29. The summed E-state index contributed by atoms with van der Waals surface area (Å²) >= 11 is 0. The average molecular weight is 381 g/mol. The van der Waals surface area contributed by atoms with E-state index in [-0.39, 0.29) is 5.91 Å². The Balaban J connectivity index is 1.74. The lowest BCUT2D eigenvalue weighted by molar-refractivity contribution is -0.114. The zero-order valence-corrected chi connectivity index (χ0v) is 16.0. The molecule has 2 heterocycles. The van der Waals surface area contributed by atoms with Gasteiger partial charge in [-0.2, -0.15) is 20.5 Å². The monoisotopic (exact) mass is 381 g/mol. The van der Waals surface area contributed by atoms with Gasteiger partial charge in [0.15, 0.2) is 0 Å². The number of carbonyl (C=O) groups excluding carboxylic acids is 1. The summed E-state index contributed by atoms with van der Waals surface area (Å²) < 4.78 is 1.75. The van der Waals surface area contributed by atoms with Crippen molar-refractivity contribution >= 4 is 23.4 Å². The summed E-state index contributed by atoms with van der Waals surface area (Å²) in [5.74, 6) is -0.169. The minimum absolute atomic E-state index is 0.169. The van der Waals surface area contributed by atoms with Crippen LogP contribution in [0.1, 0.15) is 18.9 Å². The molecule has 0 unspecified atom stereocenters. The van der Waals surface area contributed by atoms with Gasteiger partial charge < -0.3 is 0 Å². The molecule has 29 heavy (non-hydrogen) atoms. The van der Waals surface area contributed by atoms with Crippen LogP contribution in [0.25, 0.3) is 17.3 Å². The van der Waals surface area contributed by atoms with Crippen LogP contribution in [0.3, 0.4) is 0 Å². The summed E-state index contributed by atoms with van der Waals surface area (Å²) in [5.41, 5.74) is 4.47. The van der Waals surface area contributed by atoms with Gasteiger partial charge >= 0.3 is 0 Å². The summed E-state index contributed by atoms with van der Waals surface area (Å²) in [6, 6.07) is 21.3. The molecule has 1 aliphatic rings. The van der Waals surface area contributed by atoms with E-state index in [9.17, 15) is 4.79 Å². The number of para-hydroxylation sites is 1. The first-order chi connectivity index (χ1) is 14.2. The van der Waals surface area contributed by atoms with Crippen LogP contribution in [0, 0.1) is 11.3 Å². The zero-order chi connectivity index (χ0) is 20.2. The topological polar surface area (TPSA) is 74.3 Å². The number of aryl methyl sites for hydroxylation is 1. The zero-order valence-electron chi connectivity index (χ0n) is 16.0. The Labute approximate surface area is 169 Å². The van der Waals surface area contributed by atoms with Crippen LogP contribution in [0.4, 0.5) is 5.69 Å². The van der Waals surface area contributed by atoms with Crippen molar-refractivity contribution in [1.82, 2.24) is 9.78 Å². The molecule has 0 atom stereocenters. The Morgan fingerprint density at radius 3 is 2.45 bits per heavy atom. The fourth-order valence-electron chi connectivity index (χ4n) is 3.23. The minimum atomic E-state index is -0.169. The van der Waals surface area contributed by atoms with Crippen molar-refractivity contribution in [3.05, 3.63) is 78.0 Å². The third kappa shape index (κ3) is 3.71. The largest absolute Gasteiger partial charge is 0.280 e. The van der Waals surface area contributed by atoms with E-state index in [2.05, 4.69) is 16.3 Å². The van der Waals surface area contributed by atoms with Gasteiger partial charge in [0.25, 0.3) is 5.91 Å². The van der Waals surface area contributed by atoms with Crippen LogP contribution in [0.5, 0.6) is 0 Å². The van der Waals surface area contributed by atoms with Crippen molar-refractivity contribution in [3.63, 3.8) is 0 Å². The average Bonchev–Trinajstić information content (AvgIpc) is 3.29. The van der Waals surface area contributed by atoms with Crippen molar-refractivity contribution in [2.75, 3.05) is 5.01 Å². The van der Waals surface area contributed by atoms with E-state index >= 15 is 0 Å². The van der Waals surface area contributed by atoms with E-state index in [1.165, 1.54) is 5.01 Å². The molecule has 1 amide bonds. The SMILES string of the molecule is CC1=NN(c2ccccc2)C(=O)/C1=C/c1cn(CCC#N)nc1-c1ccccc1. The molecule has 6 heteroatoms. The maximum Gasteiger partial charge on any atom is 0.280 e. The summed E-state index contributed by atoms with van der Waals surface area (Å²) in [4.78, 5) is 13.0. The second kappa shape index (κ2) is 7.95. The molecule has 0 saturated heterocycles. The lowest BCUT2D eigenvalue weighted by Crippen LogP contribution is -2.21. The summed E-state index contributed by atoms with van der Waals surface area (Å²) in [6.07, 6.45) is 4.08. The highest BCUT2D eigenvalue weighted by molar-refractivity contribution is 6.32. The van der Waals surface area contributed by atoms with Crippen LogP contribution in [0.2, 0.25) is 0 Å². The molecule has 142 valence electrons. The first-order valence-electron chi connectivity index (χ1n) is 9.34. The van der Waals surface area contributed by atoms with Gasteiger partial charge in [-0.1, -0.05) is 48.5 Å². The summed E-state index contributed by atoms with van der Waals surface area (Å²) in [7, 11) is 0. The first-order valence-corrected chi connectivity index (χ1v) is 9.34. The Morgan fingerprint density at radius 2 is 1.76 bits per heavy atom. The molecule has 3 aromatic rings. The molecule has 0 aliphatic carbocycles. The van der Waals surface area contributed by atoms with Gasteiger partial charge in [-0.3, -0.25) is 9.48 Å². The Kier molecular flexibility index (Phi) is 5.04. The normalized spacial score (nSPS) is 14.9. The van der Waals surface area contributed by atoms with E-state index < -0.39 is 0 Å². The van der Waals surface area contributed by atoms with Crippen LogP contribution in [-0.2, 0) is 11.3 Å². The number of amides is 1. The molecule has 0 fully saturated rings. The Hall–Kier alpha value is -3.98. The molecule has 0 spiro atoms.